The molecule has 1 aromatic carbocycles. The van der Waals surface area contributed by atoms with E-state index in [1.807, 2.05) is 6.07 Å². The minimum atomic E-state index is -1.92. The fraction of sp³-hybridized carbons (Fsp3) is 0.167. The Morgan fingerprint density at radius 1 is 1.04 bits per heavy atom. The average molecular weight is 339 g/mol. The zero-order valence-corrected chi connectivity index (χ0v) is 12.9. The predicted molar refractivity (Wildman–Crippen MR) is 84.9 cm³/mol. The zero-order chi connectivity index (χ0) is 17.2. The zero-order valence-electron chi connectivity index (χ0n) is 12.0. The van der Waals surface area contributed by atoms with Gasteiger partial charge in [-0.2, -0.15) is 15.0 Å². The number of carboxylic acid groups (broad SMARTS) is 1. The van der Waals surface area contributed by atoms with Crippen LogP contribution in [-0.4, -0.2) is 32.2 Å². The van der Waals surface area contributed by atoms with Crippen molar-refractivity contribution in [3.05, 3.63) is 30.3 Å². The summed E-state index contributed by atoms with van der Waals surface area (Å²) in [5.74, 6) is -0.344. The first-order valence-electron chi connectivity index (χ1n) is 6.29. The van der Waals surface area contributed by atoms with Crippen molar-refractivity contribution in [2.24, 2.45) is 0 Å². The van der Waals surface area contributed by atoms with Crippen LogP contribution in [0.5, 0.6) is 5.75 Å². The van der Waals surface area contributed by atoms with Crippen molar-refractivity contribution in [1.82, 2.24) is 15.0 Å². The SMILES string of the molecule is Nc1nc(N)nc(N)n1.O=C(O)CC[P+](=O)Oc1ccccc1. The monoisotopic (exact) mass is 339 g/mol. The Kier molecular flexibility index (Phi) is 7.15. The standard InChI is InChI=1S/C9H9O4P.C3H6N6/c10-9(11)6-7-14(12)13-8-4-2-1-3-5-8;4-1-7-2(5)9-3(6)8-1/h1-5H,6-7H2;(H6,4,5,6,7,8,9)/p+1. The highest BCUT2D eigenvalue weighted by molar-refractivity contribution is 7.39. The molecule has 2 rings (SSSR count). The van der Waals surface area contributed by atoms with E-state index in [4.69, 9.17) is 26.8 Å². The molecule has 0 spiro atoms. The van der Waals surface area contributed by atoms with Gasteiger partial charge in [-0.3, -0.25) is 9.32 Å². The largest absolute Gasteiger partial charge is 0.556 e. The van der Waals surface area contributed by atoms with E-state index in [0.29, 0.717) is 5.75 Å². The van der Waals surface area contributed by atoms with Crippen LogP contribution >= 0.6 is 8.03 Å². The van der Waals surface area contributed by atoms with E-state index in [0.717, 1.165) is 0 Å². The Labute approximate surface area is 132 Å². The van der Waals surface area contributed by atoms with Crippen molar-refractivity contribution >= 4 is 31.8 Å². The Hall–Kier alpha value is -3.00. The number of hydrogen-bond acceptors (Lipinski definition) is 9. The van der Waals surface area contributed by atoms with Gasteiger partial charge in [0.05, 0.1) is 6.42 Å². The van der Waals surface area contributed by atoms with Crippen LogP contribution in [0.2, 0.25) is 0 Å². The highest BCUT2D eigenvalue weighted by Crippen LogP contribution is 2.26. The van der Waals surface area contributed by atoms with Crippen LogP contribution < -0.4 is 21.7 Å². The van der Waals surface area contributed by atoms with Gasteiger partial charge in [0.25, 0.3) is 0 Å². The number of hydrogen-bond donors (Lipinski definition) is 4. The molecule has 0 bridgehead atoms. The summed E-state index contributed by atoms with van der Waals surface area (Å²) in [7, 11) is -1.92. The number of nitrogen functional groups attached to an aromatic ring is 3. The Bertz CT molecular complexity index is 619. The fourth-order valence-electron chi connectivity index (χ4n) is 1.26. The van der Waals surface area contributed by atoms with Crippen LogP contribution in [0.3, 0.4) is 0 Å². The molecule has 1 heterocycles. The second kappa shape index (κ2) is 9.11. The summed E-state index contributed by atoms with van der Waals surface area (Å²) in [6.45, 7) is 0. The molecule has 0 saturated heterocycles. The maximum Gasteiger partial charge on any atom is 0.556 e. The fourth-order valence-corrected chi connectivity index (χ4v) is 2.08. The lowest BCUT2D eigenvalue weighted by atomic mass is 10.3. The van der Waals surface area contributed by atoms with Gasteiger partial charge in [0.15, 0.2) is 11.9 Å². The molecule has 10 nitrogen and oxygen atoms in total. The lowest BCUT2D eigenvalue weighted by Gasteiger charge is -1.93. The molecule has 0 aliphatic carbocycles. The molecule has 0 aliphatic heterocycles. The van der Waals surface area contributed by atoms with Crippen molar-refractivity contribution in [3.63, 3.8) is 0 Å². The number of aromatic nitrogens is 3. The first-order valence-corrected chi connectivity index (χ1v) is 7.65. The summed E-state index contributed by atoms with van der Waals surface area (Å²) >= 11 is 0. The summed E-state index contributed by atoms with van der Waals surface area (Å²) < 4.78 is 16.2. The van der Waals surface area contributed by atoms with Gasteiger partial charge in [0.1, 0.15) is 0 Å². The van der Waals surface area contributed by atoms with Gasteiger partial charge in [-0.1, -0.05) is 18.2 Å². The number of carbonyl (C=O) groups is 1. The van der Waals surface area contributed by atoms with Crippen molar-refractivity contribution in [2.45, 2.75) is 6.42 Å². The molecule has 7 N–H and O–H groups in total. The van der Waals surface area contributed by atoms with Crippen LogP contribution in [0, 0.1) is 0 Å². The van der Waals surface area contributed by atoms with E-state index < -0.39 is 14.0 Å². The maximum atomic E-state index is 11.2. The number of nitrogens with zero attached hydrogens (tertiary/aromatic N) is 3. The Balaban J connectivity index is 0.000000253. The van der Waals surface area contributed by atoms with Gasteiger partial charge in [0, 0.05) is 0 Å². The van der Waals surface area contributed by atoms with Crippen LogP contribution in [0.1, 0.15) is 6.42 Å². The number of carboxylic acids is 1. The number of benzene rings is 1. The van der Waals surface area contributed by atoms with Crippen molar-refractivity contribution in [3.8, 4) is 5.75 Å². The molecular formula is C12H16N6O4P+. The van der Waals surface area contributed by atoms with Gasteiger partial charge in [-0.25, -0.2) is 0 Å². The van der Waals surface area contributed by atoms with Crippen LogP contribution in [0.4, 0.5) is 17.8 Å². The molecule has 0 aliphatic rings. The summed E-state index contributed by atoms with van der Waals surface area (Å²) in [6.07, 6.45) is -0.0956. The molecule has 23 heavy (non-hydrogen) atoms. The summed E-state index contributed by atoms with van der Waals surface area (Å²) in [6, 6.07) is 8.69. The Morgan fingerprint density at radius 2 is 1.52 bits per heavy atom. The van der Waals surface area contributed by atoms with Crippen LogP contribution in [0.15, 0.2) is 30.3 Å². The number of anilines is 3. The Morgan fingerprint density at radius 3 is 1.96 bits per heavy atom. The molecule has 0 amide bonds. The van der Waals surface area contributed by atoms with Gasteiger partial charge >= 0.3 is 14.0 Å². The number of aliphatic carboxylic acids is 1. The summed E-state index contributed by atoms with van der Waals surface area (Å²) in [5, 5.41) is 8.34. The minimum absolute atomic E-state index is 0.0412. The molecule has 1 atom stereocenters. The van der Waals surface area contributed by atoms with E-state index in [2.05, 4.69) is 15.0 Å². The highest BCUT2D eigenvalue weighted by atomic mass is 31.1. The molecule has 0 fully saturated rings. The van der Waals surface area contributed by atoms with Crippen LogP contribution in [0.25, 0.3) is 0 Å². The number of para-hydroxylation sites is 1. The van der Waals surface area contributed by atoms with Crippen molar-refractivity contribution in [2.75, 3.05) is 23.4 Å². The molecular weight excluding hydrogens is 323 g/mol. The number of nitrogens with two attached hydrogens (primary N) is 3. The molecule has 0 saturated carbocycles. The lowest BCUT2D eigenvalue weighted by molar-refractivity contribution is -0.136. The topological polar surface area (TPSA) is 180 Å². The molecule has 2 aromatic rings. The summed E-state index contributed by atoms with van der Waals surface area (Å²) in [5.41, 5.74) is 15.4. The van der Waals surface area contributed by atoms with E-state index in [1.165, 1.54) is 0 Å². The maximum absolute atomic E-state index is 11.2. The van der Waals surface area contributed by atoms with Crippen molar-refractivity contribution in [1.29, 1.82) is 0 Å². The molecule has 1 aromatic heterocycles. The van der Waals surface area contributed by atoms with Gasteiger partial charge < -0.3 is 22.3 Å². The van der Waals surface area contributed by atoms with E-state index in [1.54, 1.807) is 24.3 Å². The predicted octanol–water partition coefficient (Wildman–Crippen LogP) is 0.901. The second-order valence-corrected chi connectivity index (χ2v) is 5.31. The normalized spacial score (nSPS) is 10.2. The molecule has 1 unspecified atom stereocenters. The third-order valence-electron chi connectivity index (χ3n) is 2.15. The average Bonchev–Trinajstić information content (AvgIpc) is 2.45. The smallest absolute Gasteiger partial charge is 0.481 e. The van der Waals surface area contributed by atoms with E-state index in [-0.39, 0.29) is 30.4 Å². The molecule has 11 heteroatoms. The second-order valence-electron chi connectivity index (χ2n) is 4.01. The third kappa shape index (κ3) is 8.12. The third-order valence-corrected chi connectivity index (χ3v) is 3.15. The molecule has 122 valence electrons. The molecule has 0 radical (unpaired) electrons. The first-order chi connectivity index (χ1) is 10.9. The lowest BCUT2D eigenvalue weighted by Crippen LogP contribution is -2.05. The van der Waals surface area contributed by atoms with Gasteiger partial charge in [-0.05, 0) is 16.7 Å². The van der Waals surface area contributed by atoms with Crippen LogP contribution in [-0.2, 0) is 9.36 Å². The number of rotatable bonds is 5. The summed E-state index contributed by atoms with van der Waals surface area (Å²) in [4.78, 5) is 20.6. The van der Waals surface area contributed by atoms with Crippen molar-refractivity contribution < 1.29 is 19.0 Å². The highest BCUT2D eigenvalue weighted by Gasteiger charge is 2.20. The quantitative estimate of drug-likeness (QED) is 0.571. The van der Waals surface area contributed by atoms with Gasteiger partial charge in [0.2, 0.25) is 17.8 Å². The van der Waals surface area contributed by atoms with E-state index in [9.17, 15) is 9.36 Å². The van der Waals surface area contributed by atoms with Gasteiger partial charge in [-0.15, -0.1) is 0 Å². The minimum Gasteiger partial charge on any atom is -0.481 e. The van der Waals surface area contributed by atoms with E-state index >= 15 is 0 Å². The first kappa shape index (κ1) is 18.1.